The van der Waals surface area contributed by atoms with Gasteiger partial charge >= 0.3 is 0 Å². The maximum atomic E-state index is 11.7. The van der Waals surface area contributed by atoms with Crippen LogP contribution < -0.4 is 15.6 Å². The van der Waals surface area contributed by atoms with E-state index in [0.717, 1.165) is 11.3 Å². The molecule has 5 nitrogen and oxygen atoms in total. The zero-order chi connectivity index (χ0) is 13.8. The molecule has 0 aliphatic carbocycles. The van der Waals surface area contributed by atoms with Gasteiger partial charge < -0.3 is 5.73 Å². The van der Waals surface area contributed by atoms with Gasteiger partial charge in [-0.3, -0.25) is 5.01 Å². The number of aryl methyl sites for hydroxylation is 1. The molecule has 0 saturated carbocycles. The molecule has 0 aliphatic rings. The molecule has 102 valence electrons. The van der Waals surface area contributed by atoms with Crippen LogP contribution in [0.4, 0.5) is 11.4 Å². The number of hydrogen-bond donors (Lipinski definition) is 2. The van der Waals surface area contributed by atoms with E-state index < -0.39 is 10.0 Å². The SMILES string of the molecule is CCCS(=O)(=O)NN(CC)c1ccc(N)c(C)c1. The molecule has 0 aromatic heterocycles. The first-order valence-electron chi connectivity index (χ1n) is 6.03. The molecule has 0 unspecified atom stereocenters. The first-order chi connectivity index (χ1) is 8.39. The highest BCUT2D eigenvalue weighted by Crippen LogP contribution is 2.19. The molecule has 0 saturated heterocycles. The van der Waals surface area contributed by atoms with E-state index in [1.807, 2.05) is 26.8 Å². The standard InChI is InChI=1S/C12H21N3O2S/c1-4-8-18(16,17)14-15(5-2)11-6-7-12(13)10(3)9-11/h6-7,9,14H,4-5,8,13H2,1-3H3. The number of nitrogen functional groups attached to an aromatic ring is 1. The summed E-state index contributed by atoms with van der Waals surface area (Å²) in [5, 5.41) is 1.61. The van der Waals surface area contributed by atoms with Crippen LogP contribution in [0.5, 0.6) is 0 Å². The van der Waals surface area contributed by atoms with Gasteiger partial charge in [-0.15, -0.1) is 4.83 Å². The second kappa shape index (κ2) is 6.06. The van der Waals surface area contributed by atoms with Crippen molar-refractivity contribution in [2.24, 2.45) is 0 Å². The van der Waals surface area contributed by atoms with Gasteiger partial charge in [0, 0.05) is 12.2 Å². The van der Waals surface area contributed by atoms with Crippen molar-refractivity contribution in [1.82, 2.24) is 4.83 Å². The molecular formula is C12H21N3O2S. The van der Waals surface area contributed by atoms with E-state index >= 15 is 0 Å². The van der Waals surface area contributed by atoms with Gasteiger partial charge in [0.15, 0.2) is 0 Å². The Morgan fingerprint density at radius 3 is 2.50 bits per heavy atom. The van der Waals surface area contributed by atoms with Crippen LogP contribution in [0.2, 0.25) is 0 Å². The van der Waals surface area contributed by atoms with Gasteiger partial charge in [-0.2, -0.15) is 0 Å². The van der Waals surface area contributed by atoms with Gasteiger partial charge in [0.05, 0.1) is 11.4 Å². The number of nitrogens with one attached hydrogen (secondary N) is 1. The van der Waals surface area contributed by atoms with E-state index in [1.54, 1.807) is 17.1 Å². The lowest BCUT2D eigenvalue weighted by atomic mass is 10.2. The molecular weight excluding hydrogens is 250 g/mol. The zero-order valence-electron chi connectivity index (χ0n) is 11.1. The van der Waals surface area contributed by atoms with Crippen molar-refractivity contribution in [3.63, 3.8) is 0 Å². The summed E-state index contributed by atoms with van der Waals surface area (Å²) in [6.07, 6.45) is 0.591. The first kappa shape index (κ1) is 14.8. The molecule has 0 bridgehead atoms. The molecule has 1 aromatic carbocycles. The first-order valence-corrected chi connectivity index (χ1v) is 7.68. The molecule has 0 radical (unpaired) electrons. The normalized spacial score (nSPS) is 11.5. The predicted molar refractivity (Wildman–Crippen MR) is 75.8 cm³/mol. The van der Waals surface area contributed by atoms with Gasteiger partial charge in [0.25, 0.3) is 0 Å². The Kier molecular flexibility index (Phi) is 4.98. The number of anilines is 2. The summed E-state index contributed by atoms with van der Waals surface area (Å²) in [5.41, 5.74) is 8.17. The number of hydrazine groups is 1. The van der Waals surface area contributed by atoms with Crippen LogP contribution in [0.25, 0.3) is 0 Å². The summed E-state index contributed by atoms with van der Waals surface area (Å²) in [5.74, 6) is 0.122. The minimum absolute atomic E-state index is 0.122. The Morgan fingerprint density at radius 2 is 2.00 bits per heavy atom. The fourth-order valence-corrected chi connectivity index (χ4v) is 2.81. The summed E-state index contributed by atoms with van der Waals surface area (Å²) in [6.45, 7) is 6.17. The number of nitrogens with zero attached hydrogens (tertiary/aromatic N) is 1. The number of rotatable bonds is 6. The highest BCUT2D eigenvalue weighted by molar-refractivity contribution is 7.89. The van der Waals surface area contributed by atoms with Gasteiger partial charge in [0.2, 0.25) is 10.0 Å². The smallest absolute Gasteiger partial charge is 0.228 e. The number of hydrogen-bond acceptors (Lipinski definition) is 4. The van der Waals surface area contributed by atoms with Crippen LogP contribution in [-0.2, 0) is 10.0 Å². The van der Waals surface area contributed by atoms with E-state index in [1.165, 1.54) is 0 Å². The molecule has 1 rings (SSSR count). The van der Waals surface area contributed by atoms with Crippen molar-refractivity contribution in [1.29, 1.82) is 0 Å². The van der Waals surface area contributed by atoms with E-state index in [-0.39, 0.29) is 5.75 Å². The Balaban J connectivity index is 2.93. The third-order valence-electron chi connectivity index (χ3n) is 2.60. The second-order valence-electron chi connectivity index (χ2n) is 4.20. The molecule has 18 heavy (non-hydrogen) atoms. The molecule has 0 amide bonds. The average Bonchev–Trinajstić information content (AvgIpc) is 2.30. The van der Waals surface area contributed by atoms with Gasteiger partial charge in [-0.25, -0.2) is 8.42 Å². The van der Waals surface area contributed by atoms with Gasteiger partial charge in [0.1, 0.15) is 0 Å². The van der Waals surface area contributed by atoms with Crippen molar-refractivity contribution in [2.45, 2.75) is 27.2 Å². The highest BCUT2D eigenvalue weighted by Gasteiger charge is 2.14. The summed E-state index contributed by atoms with van der Waals surface area (Å²) in [4.78, 5) is 2.57. The summed E-state index contributed by atoms with van der Waals surface area (Å²) < 4.78 is 23.5. The fourth-order valence-electron chi connectivity index (χ4n) is 1.61. The largest absolute Gasteiger partial charge is 0.399 e. The van der Waals surface area contributed by atoms with Crippen LogP contribution in [0.1, 0.15) is 25.8 Å². The number of benzene rings is 1. The molecule has 0 atom stereocenters. The summed E-state index contributed by atoms with van der Waals surface area (Å²) >= 11 is 0. The fraction of sp³-hybridized carbons (Fsp3) is 0.500. The van der Waals surface area contributed by atoms with Crippen LogP contribution in [-0.4, -0.2) is 20.7 Å². The summed E-state index contributed by atoms with van der Waals surface area (Å²) in [6, 6.07) is 5.45. The Bertz CT molecular complexity index is 500. The van der Waals surface area contributed by atoms with E-state index in [0.29, 0.717) is 18.7 Å². The molecule has 1 aromatic rings. The Hall–Kier alpha value is -1.27. The maximum Gasteiger partial charge on any atom is 0.228 e. The minimum Gasteiger partial charge on any atom is -0.399 e. The van der Waals surface area contributed by atoms with Crippen molar-refractivity contribution in [2.75, 3.05) is 23.0 Å². The highest BCUT2D eigenvalue weighted by atomic mass is 32.2. The van der Waals surface area contributed by atoms with Crippen LogP contribution >= 0.6 is 0 Å². The minimum atomic E-state index is -3.27. The van der Waals surface area contributed by atoms with Crippen molar-refractivity contribution in [3.05, 3.63) is 23.8 Å². The molecule has 0 fully saturated rings. The quantitative estimate of drug-likeness (QED) is 0.609. The van der Waals surface area contributed by atoms with E-state index in [9.17, 15) is 8.42 Å². The van der Waals surface area contributed by atoms with Crippen molar-refractivity contribution < 1.29 is 8.42 Å². The predicted octanol–water partition coefficient (Wildman–Crippen LogP) is 1.65. The monoisotopic (exact) mass is 271 g/mol. The van der Waals surface area contributed by atoms with Crippen molar-refractivity contribution in [3.8, 4) is 0 Å². The molecule has 0 spiro atoms. The molecule has 0 aliphatic heterocycles. The zero-order valence-corrected chi connectivity index (χ0v) is 11.9. The lowest BCUT2D eigenvalue weighted by molar-refractivity contribution is 0.575. The van der Waals surface area contributed by atoms with Crippen LogP contribution in [0, 0.1) is 6.92 Å². The average molecular weight is 271 g/mol. The van der Waals surface area contributed by atoms with Gasteiger partial charge in [-0.1, -0.05) is 6.92 Å². The van der Waals surface area contributed by atoms with Crippen molar-refractivity contribution >= 4 is 21.4 Å². The third kappa shape index (κ3) is 3.89. The third-order valence-corrected chi connectivity index (χ3v) is 4.05. The van der Waals surface area contributed by atoms with E-state index in [4.69, 9.17) is 5.73 Å². The maximum absolute atomic E-state index is 11.7. The van der Waals surface area contributed by atoms with E-state index in [2.05, 4.69) is 4.83 Å². The molecule has 3 N–H and O–H groups in total. The number of nitrogens with two attached hydrogens (primary N) is 1. The topological polar surface area (TPSA) is 75.4 Å². The lowest BCUT2D eigenvalue weighted by Gasteiger charge is -2.24. The second-order valence-corrected chi connectivity index (χ2v) is 6.02. The lowest BCUT2D eigenvalue weighted by Crippen LogP contribution is -2.43. The van der Waals surface area contributed by atoms with Crippen LogP contribution in [0.3, 0.4) is 0 Å². The van der Waals surface area contributed by atoms with Gasteiger partial charge in [-0.05, 0) is 44.0 Å². The van der Waals surface area contributed by atoms with Crippen LogP contribution in [0.15, 0.2) is 18.2 Å². The summed E-state index contributed by atoms with van der Waals surface area (Å²) in [7, 11) is -3.27. The molecule has 6 heteroatoms. The number of sulfonamides is 1. The molecule has 0 heterocycles. The Labute approximate surface area is 109 Å². The Morgan fingerprint density at radius 1 is 1.33 bits per heavy atom.